The fourth-order valence-electron chi connectivity index (χ4n) is 3.19. The van der Waals surface area contributed by atoms with E-state index in [2.05, 4.69) is 10.00 Å². The van der Waals surface area contributed by atoms with Crippen molar-refractivity contribution >= 4 is 5.91 Å². The highest BCUT2D eigenvalue weighted by molar-refractivity contribution is 5.78. The quantitative estimate of drug-likeness (QED) is 0.848. The van der Waals surface area contributed by atoms with Gasteiger partial charge in [-0.3, -0.25) is 14.4 Å². The average Bonchev–Trinajstić information content (AvgIpc) is 3.21. The second-order valence-electron chi connectivity index (χ2n) is 6.34. The minimum absolute atomic E-state index is 0.120. The van der Waals surface area contributed by atoms with Crippen molar-refractivity contribution in [2.24, 2.45) is 7.05 Å². The number of rotatable bonds is 5. The summed E-state index contributed by atoms with van der Waals surface area (Å²) in [5.41, 5.74) is 1.20. The van der Waals surface area contributed by atoms with Crippen LogP contribution in [0, 0.1) is 6.92 Å². The number of aromatic nitrogens is 2. The van der Waals surface area contributed by atoms with E-state index in [4.69, 9.17) is 4.42 Å². The molecule has 3 rings (SSSR count). The van der Waals surface area contributed by atoms with E-state index < -0.39 is 0 Å². The van der Waals surface area contributed by atoms with Crippen LogP contribution in [-0.4, -0.2) is 45.6 Å². The molecule has 0 aliphatic carbocycles. The molecule has 0 radical (unpaired) electrons. The topological polar surface area (TPSA) is 54.5 Å². The van der Waals surface area contributed by atoms with Gasteiger partial charge < -0.3 is 9.32 Å². The van der Waals surface area contributed by atoms with Crippen molar-refractivity contribution in [3.05, 3.63) is 41.6 Å². The smallest absolute Gasteiger partial charge is 0.236 e. The van der Waals surface area contributed by atoms with Crippen LogP contribution >= 0.6 is 0 Å². The minimum Gasteiger partial charge on any atom is -0.464 e. The molecule has 0 unspecified atom stereocenters. The number of likely N-dealkylation sites (N-methyl/N-ethyl adjacent to an activating group) is 1. The molecule has 1 aliphatic heterocycles. The van der Waals surface area contributed by atoms with Crippen LogP contribution in [-0.2, 0) is 18.4 Å². The van der Waals surface area contributed by atoms with Crippen molar-refractivity contribution in [3.8, 4) is 0 Å². The minimum atomic E-state index is 0.120. The molecule has 23 heavy (non-hydrogen) atoms. The summed E-state index contributed by atoms with van der Waals surface area (Å²) in [6, 6.07) is 4.15. The Morgan fingerprint density at radius 2 is 2.30 bits per heavy atom. The van der Waals surface area contributed by atoms with E-state index in [1.807, 2.05) is 50.2 Å². The molecule has 2 aromatic rings. The average molecular weight is 316 g/mol. The van der Waals surface area contributed by atoms with Gasteiger partial charge in [0.05, 0.1) is 19.3 Å². The summed E-state index contributed by atoms with van der Waals surface area (Å²) in [5, 5.41) is 4.25. The van der Waals surface area contributed by atoms with Crippen LogP contribution < -0.4 is 0 Å². The van der Waals surface area contributed by atoms with Gasteiger partial charge in [0.25, 0.3) is 0 Å². The zero-order valence-electron chi connectivity index (χ0n) is 14.0. The summed E-state index contributed by atoms with van der Waals surface area (Å²) < 4.78 is 7.37. The van der Waals surface area contributed by atoms with Gasteiger partial charge >= 0.3 is 0 Å². The van der Waals surface area contributed by atoms with E-state index in [0.717, 1.165) is 30.9 Å². The largest absolute Gasteiger partial charge is 0.464 e. The molecular formula is C17H24N4O2. The number of hydrogen-bond acceptors (Lipinski definition) is 4. The molecule has 1 aliphatic rings. The van der Waals surface area contributed by atoms with E-state index in [1.165, 1.54) is 5.56 Å². The van der Waals surface area contributed by atoms with Crippen LogP contribution in [0.1, 0.15) is 36.0 Å². The van der Waals surface area contributed by atoms with Gasteiger partial charge in [-0.2, -0.15) is 5.10 Å². The number of hydrogen-bond donors (Lipinski definition) is 0. The van der Waals surface area contributed by atoms with Crippen LogP contribution in [0.3, 0.4) is 0 Å². The lowest BCUT2D eigenvalue weighted by Gasteiger charge is -2.25. The molecule has 1 saturated heterocycles. The van der Waals surface area contributed by atoms with Gasteiger partial charge in [-0.25, -0.2) is 0 Å². The van der Waals surface area contributed by atoms with Gasteiger partial charge in [0.1, 0.15) is 11.5 Å². The van der Waals surface area contributed by atoms with Gasteiger partial charge in [0.15, 0.2) is 0 Å². The Balaban J connectivity index is 1.60. The molecule has 6 heteroatoms. The second-order valence-corrected chi connectivity index (χ2v) is 6.34. The number of amides is 1. The Hall–Kier alpha value is -2.08. The molecule has 0 spiro atoms. The Morgan fingerprint density at radius 3 is 2.96 bits per heavy atom. The summed E-state index contributed by atoms with van der Waals surface area (Å²) >= 11 is 0. The van der Waals surface area contributed by atoms with Crippen molar-refractivity contribution in [2.75, 3.05) is 20.1 Å². The first-order chi connectivity index (χ1) is 11.0. The van der Waals surface area contributed by atoms with E-state index in [-0.39, 0.29) is 5.91 Å². The predicted octanol–water partition coefficient (Wildman–Crippen LogP) is 2.12. The lowest BCUT2D eigenvalue weighted by atomic mass is 10.1. The number of aryl methyl sites for hydroxylation is 2. The maximum Gasteiger partial charge on any atom is 0.236 e. The molecule has 1 fully saturated rings. The predicted molar refractivity (Wildman–Crippen MR) is 86.7 cm³/mol. The lowest BCUT2D eigenvalue weighted by Crippen LogP contribution is -2.37. The Labute approximate surface area is 136 Å². The van der Waals surface area contributed by atoms with Crippen molar-refractivity contribution in [1.29, 1.82) is 0 Å². The van der Waals surface area contributed by atoms with Crippen LogP contribution in [0.15, 0.2) is 28.9 Å². The van der Waals surface area contributed by atoms with Crippen LogP contribution in [0.2, 0.25) is 0 Å². The maximum atomic E-state index is 12.5. The first-order valence-electron chi connectivity index (χ1n) is 8.05. The van der Waals surface area contributed by atoms with Gasteiger partial charge in [-0.15, -0.1) is 0 Å². The van der Waals surface area contributed by atoms with E-state index in [9.17, 15) is 4.79 Å². The molecule has 124 valence electrons. The molecule has 2 aromatic heterocycles. The highest BCUT2D eigenvalue weighted by atomic mass is 16.3. The highest BCUT2D eigenvalue weighted by Gasteiger charge is 2.29. The maximum absolute atomic E-state index is 12.5. The third-order valence-electron chi connectivity index (χ3n) is 4.43. The standard InChI is InChI=1S/C17H24N4O2/c1-13-6-7-15(23-13)11-19(2)17(22)12-21-8-4-5-16(21)14-9-18-20(3)10-14/h6-7,9-10,16H,4-5,8,11-12H2,1-3H3/t16-/m1/s1. The molecule has 0 bridgehead atoms. The molecule has 0 N–H and O–H groups in total. The molecule has 1 amide bonds. The monoisotopic (exact) mass is 316 g/mol. The van der Waals surface area contributed by atoms with E-state index in [0.29, 0.717) is 19.1 Å². The SMILES string of the molecule is Cc1ccc(CN(C)C(=O)CN2CCC[C@@H]2c2cnn(C)c2)o1. The van der Waals surface area contributed by atoms with E-state index >= 15 is 0 Å². The highest BCUT2D eigenvalue weighted by Crippen LogP contribution is 2.31. The van der Waals surface area contributed by atoms with Crippen LogP contribution in [0.5, 0.6) is 0 Å². The van der Waals surface area contributed by atoms with Gasteiger partial charge in [-0.05, 0) is 38.4 Å². The number of nitrogens with zero attached hydrogens (tertiary/aromatic N) is 4. The van der Waals surface area contributed by atoms with Crippen molar-refractivity contribution in [2.45, 2.75) is 32.4 Å². The van der Waals surface area contributed by atoms with Gasteiger partial charge in [-0.1, -0.05) is 0 Å². The fraction of sp³-hybridized carbons (Fsp3) is 0.529. The third kappa shape index (κ3) is 3.64. The summed E-state index contributed by atoms with van der Waals surface area (Å²) in [7, 11) is 3.75. The molecule has 6 nitrogen and oxygen atoms in total. The summed E-state index contributed by atoms with van der Waals surface area (Å²) in [6.45, 7) is 3.82. The number of likely N-dealkylation sites (tertiary alicyclic amines) is 1. The molecule has 1 atom stereocenters. The van der Waals surface area contributed by atoms with Crippen LogP contribution in [0.25, 0.3) is 0 Å². The Kier molecular flexibility index (Phi) is 4.52. The van der Waals surface area contributed by atoms with Crippen molar-refractivity contribution < 1.29 is 9.21 Å². The molecule has 3 heterocycles. The Bertz CT molecular complexity index is 676. The van der Waals surface area contributed by atoms with Gasteiger partial charge in [0.2, 0.25) is 5.91 Å². The van der Waals surface area contributed by atoms with Crippen molar-refractivity contribution in [3.63, 3.8) is 0 Å². The lowest BCUT2D eigenvalue weighted by molar-refractivity contribution is -0.132. The summed E-state index contributed by atoms with van der Waals surface area (Å²) in [4.78, 5) is 16.5. The van der Waals surface area contributed by atoms with Crippen LogP contribution in [0.4, 0.5) is 0 Å². The normalized spacial score (nSPS) is 18.5. The zero-order chi connectivity index (χ0) is 16.4. The molecular weight excluding hydrogens is 292 g/mol. The van der Waals surface area contributed by atoms with E-state index in [1.54, 1.807) is 4.90 Å². The zero-order valence-corrected chi connectivity index (χ0v) is 14.0. The van der Waals surface area contributed by atoms with Crippen molar-refractivity contribution in [1.82, 2.24) is 19.6 Å². The summed E-state index contributed by atoms with van der Waals surface area (Å²) in [6.07, 6.45) is 6.15. The number of furan rings is 1. The number of carbonyl (C=O) groups excluding carboxylic acids is 1. The molecule has 0 saturated carbocycles. The van der Waals surface area contributed by atoms with Gasteiger partial charge in [0, 0.05) is 31.9 Å². The summed E-state index contributed by atoms with van der Waals surface area (Å²) in [5.74, 6) is 1.82. The first kappa shape index (κ1) is 15.8. The third-order valence-corrected chi connectivity index (χ3v) is 4.43. The fourth-order valence-corrected chi connectivity index (χ4v) is 3.19. The first-order valence-corrected chi connectivity index (χ1v) is 8.05. The molecule has 0 aromatic carbocycles. The number of carbonyl (C=O) groups is 1. The second kappa shape index (κ2) is 6.58. The Morgan fingerprint density at radius 1 is 1.48 bits per heavy atom.